The molecule has 0 radical (unpaired) electrons. The molecule has 1 aromatic heterocycles. The molecule has 0 aliphatic carbocycles. The zero-order valence-corrected chi connectivity index (χ0v) is 14.9. The molecule has 0 unspecified atom stereocenters. The lowest BCUT2D eigenvalue weighted by atomic mass is 10.1. The van der Waals surface area contributed by atoms with Gasteiger partial charge in [-0.15, -0.1) is 0 Å². The summed E-state index contributed by atoms with van der Waals surface area (Å²) in [5, 5.41) is 2.94. The van der Waals surface area contributed by atoms with E-state index in [-0.39, 0.29) is 5.91 Å². The van der Waals surface area contributed by atoms with Gasteiger partial charge in [-0.25, -0.2) is 9.97 Å². The number of amides is 1. The van der Waals surface area contributed by atoms with Crippen molar-refractivity contribution < 1.29 is 4.79 Å². The third-order valence-corrected chi connectivity index (χ3v) is 4.16. The monoisotopic (exact) mass is 331 g/mol. The molecule has 1 heterocycles. The summed E-state index contributed by atoms with van der Waals surface area (Å²) in [6.45, 7) is 7.87. The lowest BCUT2D eigenvalue weighted by molar-refractivity contribution is 0.102. The predicted molar refractivity (Wildman–Crippen MR) is 101 cm³/mol. The minimum atomic E-state index is -0.195. The van der Waals surface area contributed by atoms with E-state index in [0.717, 1.165) is 22.4 Å². The van der Waals surface area contributed by atoms with E-state index in [4.69, 9.17) is 0 Å². The molecule has 126 valence electrons. The first-order valence-electron chi connectivity index (χ1n) is 8.23. The van der Waals surface area contributed by atoms with Crippen molar-refractivity contribution in [2.45, 2.75) is 27.7 Å². The SMILES string of the molecule is Cc1ccc(-c2ncc(C(=O)Nc3ccc(C)cc3C)c(C)n2)cc1. The highest BCUT2D eigenvalue weighted by atomic mass is 16.1. The van der Waals surface area contributed by atoms with Gasteiger partial charge in [0, 0.05) is 17.4 Å². The summed E-state index contributed by atoms with van der Waals surface area (Å²) in [6, 6.07) is 14.0. The Labute approximate surface area is 148 Å². The molecule has 0 saturated carbocycles. The van der Waals surface area contributed by atoms with Crippen molar-refractivity contribution >= 4 is 11.6 Å². The maximum atomic E-state index is 12.6. The molecule has 3 rings (SSSR count). The van der Waals surface area contributed by atoms with Crippen molar-refractivity contribution in [1.82, 2.24) is 9.97 Å². The van der Waals surface area contributed by atoms with Gasteiger partial charge in [0.25, 0.3) is 5.91 Å². The van der Waals surface area contributed by atoms with Crippen molar-refractivity contribution in [3.8, 4) is 11.4 Å². The van der Waals surface area contributed by atoms with Gasteiger partial charge in [-0.2, -0.15) is 0 Å². The predicted octanol–water partition coefficient (Wildman–Crippen LogP) is 4.63. The number of carbonyl (C=O) groups excluding carboxylic acids is 1. The highest BCUT2D eigenvalue weighted by Gasteiger charge is 2.13. The van der Waals surface area contributed by atoms with Gasteiger partial charge in [-0.05, 0) is 39.3 Å². The average Bonchev–Trinajstić information content (AvgIpc) is 2.58. The van der Waals surface area contributed by atoms with Crippen molar-refractivity contribution in [2.75, 3.05) is 5.32 Å². The lowest BCUT2D eigenvalue weighted by Gasteiger charge is -2.11. The number of anilines is 1. The first-order valence-corrected chi connectivity index (χ1v) is 8.23. The van der Waals surface area contributed by atoms with Crippen LogP contribution in [0.5, 0.6) is 0 Å². The van der Waals surface area contributed by atoms with Crippen LogP contribution in [-0.2, 0) is 0 Å². The van der Waals surface area contributed by atoms with E-state index < -0.39 is 0 Å². The average molecular weight is 331 g/mol. The molecule has 3 aromatic rings. The molecule has 25 heavy (non-hydrogen) atoms. The number of hydrogen-bond acceptors (Lipinski definition) is 3. The number of carbonyl (C=O) groups is 1. The van der Waals surface area contributed by atoms with E-state index in [9.17, 15) is 4.79 Å². The molecule has 0 spiro atoms. The second-order valence-corrected chi connectivity index (χ2v) is 6.33. The zero-order chi connectivity index (χ0) is 18.0. The molecule has 0 fully saturated rings. The van der Waals surface area contributed by atoms with Gasteiger partial charge in [0.2, 0.25) is 0 Å². The number of rotatable bonds is 3. The molecule has 2 aromatic carbocycles. The molecular weight excluding hydrogens is 310 g/mol. The number of benzene rings is 2. The van der Waals surface area contributed by atoms with Crippen LogP contribution in [-0.4, -0.2) is 15.9 Å². The Bertz CT molecular complexity index is 930. The van der Waals surface area contributed by atoms with Crippen LogP contribution in [0.3, 0.4) is 0 Å². The van der Waals surface area contributed by atoms with Gasteiger partial charge in [0.05, 0.1) is 11.3 Å². The molecule has 0 saturated heterocycles. The maximum absolute atomic E-state index is 12.6. The Kier molecular flexibility index (Phi) is 4.61. The molecule has 1 N–H and O–H groups in total. The number of nitrogens with zero attached hydrogens (tertiary/aromatic N) is 2. The Morgan fingerprint density at radius 3 is 2.24 bits per heavy atom. The largest absolute Gasteiger partial charge is 0.322 e. The van der Waals surface area contributed by atoms with Crippen LogP contribution >= 0.6 is 0 Å². The third kappa shape index (κ3) is 3.74. The minimum absolute atomic E-state index is 0.195. The summed E-state index contributed by atoms with van der Waals surface area (Å²) in [4.78, 5) is 21.4. The first-order chi connectivity index (χ1) is 11.9. The zero-order valence-electron chi connectivity index (χ0n) is 14.9. The second kappa shape index (κ2) is 6.85. The molecule has 0 bridgehead atoms. The molecule has 1 amide bonds. The van der Waals surface area contributed by atoms with Crippen molar-refractivity contribution in [2.24, 2.45) is 0 Å². The summed E-state index contributed by atoms with van der Waals surface area (Å²) in [6.07, 6.45) is 1.59. The van der Waals surface area contributed by atoms with Gasteiger partial charge >= 0.3 is 0 Å². The Balaban J connectivity index is 1.85. The summed E-state index contributed by atoms with van der Waals surface area (Å²) >= 11 is 0. The summed E-state index contributed by atoms with van der Waals surface area (Å²) in [7, 11) is 0. The fraction of sp³-hybridized carbons (Fsp3) is 0.190. The number of nitrogens with one attached hydrogen (secondary N) is 1. The Morgan fingerprint density at radius 2 is 1.60 bits per heavy atom. The molecule has 0 aliphatic rings. The lowest BCUT2D eigenvalue weighted by Crippen LogP contribution is -2.15. The van der Waals surface area contributed by atoms with Crippen molar-refractivity contribution in [3.63, 3.8) is 0 Å². The van der Waals surface area contributed by atoms with Gasteiger partial charge in [0.15, 0.2) is 5.82 Å². The van der Waals surface area contributed by atoms with Crippen molar-refractivity contribution in [3.05, 3.63) is 76.6 Å². The normalized spacial score (nSPS) is 10.6. The fourth-order valence-corrected chi connectivity index (χ4v) is 2.68. The fourth-order valence-electron chi connectivity index (χ4n) is 2.68. The third-order valence-electron chi connectivity index (χ3n) is 4.16. The van der Waals surface area contributed by atoms with Crippen LogP contribution in [0.15, 0.2) is 48.7 Å². The Morgan fingerprint density at radius 1 is 0.920 bits per heavy atom. The number of hydrogen-bond donors (Lipinski definition) is 1. The highest BCUT2D eigenvalue weighted by Crippen LogP contribution is 2.20. The standard InChI is InChI=1S/C21H21N3O/c1-13-5-8-17(9-6-13)20-22-12-18(16(4)23-20)21(25)24-19-10-7-14(2)11-15(19)3/h5-12H,1-4H3,(H,24,25). The van der Waals surface area contributed by atoms with Crippen molar-refractivity contribution in [1.29, 1.82) is 0 Å². The molecule has 0 aliphatic heterocycles. The van der Waals surface area contributed by atoms with Crippen LogP contribution in [0.25, 0.3) is 11.4 Å². The van der Waals surface area contributed by atoms with Gasteiger partial charge in [-0.3, -0.25) is 4.79 Å². The topological polar surface area (TPSA) is 54.9 Å². The van der Waals surface area contributed by atoms with Crippen LogP contribution in [0, 0.1) is 27.7 Å². The molecule has 4 nitrogen and oxygen atoms in total. The minimum Gasteiger partial charge on any atom is -0.322 e. The summed E-state index contributed by atoms with van der Waals surface area (Å²) < 4.78 is 0. The van der Waals surface area contributed by atoms with E-state index in [0.29, 0.717) is 17.1 Å². The second-order valence-electron chi connectivity index (χ2n) is 6.33. The smallest absolute Gasteiger partial charge is 0.259 e. The van der Waals surface area contributed by atoms with Crippen LogP contribution in [0.1, 0.15) is 32.7 Å². The van der Waals surface area contributed by atoms with Gasteiger partial charge in [-0.1, -0.05) is 47.5 Å². The summed E-state index contributed by atoms with van der Waals surface area (Å²) in [5.41, 5.74) is 6.27. The molecule has 0 atom stereocenters. The quantitative estimate of drug-likeness (QED) is 0.761. The summed E-state index contributed by atoms with van der Waals surface area (Å²) in [5.74, 6) is 0.431. The van der Waals surface area contributed by atoms with Gasteiger partial charge < -0.3 is 5.32 Å². The Hall–Kier alpha value is -3.01. The highest BCUT2D eigenvalue weighted by molar-refractivity contribution is 6.05. The van der Waals surface area contributed by atoms with E-state index in [1.54, 1.807) is 6.20 Å². The van der Waals surface area contributed by atoms with Gasteiger partial charge in [0.1, 0.15) is 0 Å². The van der Waals surface area contributed by atoms with E-state index in [1.807, 2.05) is 70.2 Å². The first kappa shape index (κ1) is 16.8. The van der Waals surface area contributed by atoms with E-state index in [2.05, 4.69) is 15.3 Å². The molecule has 4 heteroatoms. The number of aromatic nitrogens is 2. The van der Waals surface area contributed by atoms with Crippen LogP contribution < -0.4 is 5.32 Å². The maximum Gasteiger partial charge on any atom is 0.259 e. The van der Waals surface area contributed by atoms with E-state index in [1.165, 1.54) is 5.56 Å². The van der Waals surface area contributed by atoms with Crippen LogP contribution in [0.2, 0.25) is 0 Å². The van der Waals surface area contributed by atoms with Crippen LogP contribution in [0.4, 0.5) is 5.69 Å². The van der Waals surface area contributed by atoms with E-state index >= 15 is 0 Å². The molecular formula is C21H21N3O. The number of aryl methyl sites for hydroxylation is 4.